The van der Waals surface area contributed by atoms with Gasteiger partial charge in [0.15, 0.2) is 9.99 Å². The number of thioether (sulfide) groups is 1. The van der Waals surface area contributed by atoms with Crippen LogP contribution in [0.25, 0.3) is 10.3 Å². The molecular weight excluding hydrogens is 206 g/mol. The van der Waals surface area contributed by atoms with Gasteiger partial charge in [-0.15, -0.1) is 11.3 Å². The van der Waals surface area contributed by atoms with E-state index in [1.807, 2.05) is 6.26 Å². The number of aromatic nitrogens is 3. The first kappa shape index (κ1) is 8.52. The number of nitrogen functional groups attached to an aromatic ring is 2. The number of nitrogens with two attached hydrogens (primary N) is 2. The number of hydrogen-bond donors (Lipinski definition) is 2. The summed E-state index contributed by atoms with van der Waals surface area (Å²) in [5, 5.41) is 0. The molecule has 0 radical (unpaired) electrons. The molecule has 2 aromatic rings. The highest BCUT2D eigenvalue weighted by Gasteiger charge is 2.09. The Kier molecular flexibility index (Phi) is 1.97. The SMILES string of the molecule is CSc1nc2nc(N)nc(N)c2s1. The van der Waals surface area contributed by atoms with Crippen LogP contribution >= 0.6 is 23.1 Å². The summed E-state index contributed by atoms with van der Waals surface area (Å²) < 4.78 is 1.72. The van der Waals surface area contributed by atoms with E-state index in [9.17, 15) is 0 Å². The molecule has 0 unspecified atom stereocenters. The van der Waals surface area contributed by atoms with E-state index >= 15 is 0 Å². The van der Waals surface area contributed by atoms with Gasteiger partial charge in [0.05, 0.1) is 0 Å². The Balaban J connectivity index is 2.75. The molecule has 0 spiro atoms. The van der Waals surface area contributed by atoms with Crippen molar-refractivity contribution < 1.29 is 0 Å². The molecule has 0 bridgehead atoms. The number of nitrogens with zero attached hydrogens (tertiary/aromatic N) is 3. The maximum atomic E-state index is 5.66. The zero-order chi connectivity index (χ0) is 9.42. The van der Waals surface area contributed by atoms with E-state index in [0.717, 1.165) is 9.04 Å². The van der Waals surface area contributed by atoms with Crippen molar-refractivity contribution in [3.8, 4) is 0 Å². The largest absolute Gasteiger partial charge is 0.382 e. The first-order valence-electron chi connectivity index (χ1n) is 3.44. The fourth-order valence-corrected chi connectivity index (χ4v) is 2.33. The molecule has 0 saturated carbocycles. The molecule has 0 aliphatic heterocycles. The van der Waals surface area contributed by atoms with Gasteiger partial charge in [-0.25, -0.2) is 4.98 Å². The summed E-state index contributed by atoms with van der Waals surface area (Å²) in [6.45, 7) is 0. The molecule has 2 rings (SSSR count). The Morgan fingerprint density at radius 2 is 2.00 bits per heavy atom. The lowest BCUT2D eigenvalue weighted by atomic mass is 10.5. The molecule has 2 aromatic heterocycles. The number of rotatable bonds is 1. The highest BCUT2D eigenvalue weighted by molar-refractivity contribution is 8.00. The Bertz CT molecular complexity index is 451. The molecule has 0 aliphatic rings. The summed E-state index contributed by atoms with van der Waals surface area (Å²) in [5.74, 6) is 0.572. The Labute approximate surface area is 82.6 Å². The second-order valence-corrected chi connectivity index (χ2v) is 4.36. The van der Waals surface area contributed by atoms with Crippen molar-refractivity contribution in [3.05, 3.63) is 0 Å². The number of thiazole rings is 1. The summed E-state index contributed by atoms with van der Waals surface area (Å²) in [5.41, 5.74) is 11.7. The lowest BCUT2D eigenvalue weighted by molar-refractivity contribution is 1.19. The van der Waals surface area contributed by atoms with Gasteiger partial charge in [0.25, 0.3) is 0 Å². The highest BCUT2D eigenvalue weighted by Crippen LogP contribution is 2.30. The predicted octanol–water partition coefficient (Wildman–Crippen LogP) is 0.973. The fourth-order valence-electron chi connectivity index (χ4n) is 0.931. The van der Waals surface area contributed by atoms with Crippen LogP contribution in [0.15, 0.2) is 4.34 Å². The van der Waals surface area contributed by atoms with Crippen molar-refractivity contribution in [2.24, 2.45) is 0 Å². The third-order valence-corrected chi connectivity index (χ3v) is 3.50. The van der Waals surface area contributed by atoms with Crippen LogP contribution in [0.2, 0.25) is 0 Å². The van der Waals surface area contributed by atoms with Gasteiger partial charge in [-0.3, -0.25) is 0 Å². The van der Waals surface area contributed by atoms with Crippen molar-refractivity contribution in [2.45, 2.75) is 4.34 Å². The van der Waals surface area contributed by atoms with E-state index in [-0.39, 0.29) is 5.95 Å². The van der Waals surface area contributed by atoms with E-state index in [1.54, 1.807) is 11.8 Å². The average Bonchev–Trinajstić information content (AvgIpc) is 2.47. The standard InChI is InChI=1S/C6H7N5S2/c1-12-6-11-4-2(13-6)3(7)9-5(8)10-4/h1H3,(H4,7,8,9,10). The molecule has 4 N–H and O–H groups in total. The van der Waals surface area contributed by atoms with Crippen molar-refractivity contribution in [2.75, 3.05) is 17.7 Å². The monoisotopic (exact) mass is 213 g/mol. The van der Waals surface area contributed by atoms with Crippen LogP contribution in [0.5, 0.6) is 0 Å². The Morgan fingerprint density at radius 3 is 2.69 bits per heavy atom. The molecule has 0 aliphatic carbocycles. The van der Waals surface area contributed by atoms with Crippen molar-refractivity contribution in [3.63, 3.8) is 0 Å². The molecule has 68 valence electrons. The summed E-state index contributed by atoms with van der Waals surface area (Å²) in [6, 6.07) is 0. The van der Waals surface area contributed by atoms with Crippen molar-refractivity contribution in [1.82, 2.24) is 15.0 Å². The van der Waals surface area contributed by atoms with Gasteiger partial charge < -0.3 is 11.5 Å². The maximum absolute atomic E-state index is 5.66. The maximum Gasteiger partial charge on any atom is 0.224 e. The highest BCUT2D eigenvalue weighted by atomic mass is 32.2. The molecule has 0 atom stereocenters. The van der Waals surface area contributed by atoms with Crippen LogP contribution in [0, 0.1) is 0 Å². The van der Waals surface area contributed by atoms with E-state index in [0.29, 0.717) is 11.5 Å². The third kappa shape index (κ3) is 1.40. The molecule has 0 fully saturated rings. The van der Waals surface area contributed by atoms with Crippen LogP contribution in [0.4, 0.5) is 11.8 Å². The average molecular weight is 213 g/mol. The Hall–Kier alpha value is -1.08. The summed E-state index contributed by atoms with van der Waals surface area (Å²) >= 11 is 3.03. The van der Waals surface area contributed by atoms with Crippen LogP contribution < -0.4 is 11.5 Å². The lowest BCUT2D eigenvalue weighted by Crippen LogP contribution is -1.98. The summed E-state index contributed by atoms with van der Waals surface area (Å²) in [4.78, 5) is 12.1. The second kappa shape index (κ2) is 3.00. The van der Waals surface area contributed by atoms with Crippen molar-refractivity contribution >= 4 is 45.2 Å². The molecule has 13 heavy (non-hydrogen) atoms. The van der Waals surface area contributed by atoms with Crippen LogP contribution in [-0.2, 0) is 0 Å². The number of anilines is 2. The molecule has 0 saturated heterocycles. The minimum Gasteiger partial charge on any atom is -0.382 e. The van der Waals surface area contributed by atoms with Gasteiger partial charge in [-0.1, -0.05) is 11.8 Å². The van der Waals surface area contributed by atoms with Gasteiger partial charge in [0.2, 0.25) is 5.95 Å². The van der Waals surface area contributed by atoms with Gasteiger partial charge in [-0.2, -0.15) is 9.97 Å². The van der Waals surface area contributed by atoms with E-state index in [2.05, 4.69) is 15.0 Å². The van der Waals surface area contributed by atoms with Gasteiger partial charge in [-0.05, 0) is 6.26 Å². The third-order valence-electron chi connectivity index (χ3n) is 1.45. The first-order chi connectivity index (χ1) is 6.20. The van der Waals surface area contributed by atoms with Crippen LogP contribution in [0.3, 0.4) is 0 Å². The van der Waals surface area contributed by atoms with Crippen molar-refractivity contribution in [1.29, 1.82) is 0 Å². The van der Waals surface area contributed by atoms with E-state index in [4.69, 9.17) is 11.5 Å². The molecular formula is C6H7N5S2. The predicted molar refractivity (Wildman–Crippen MR) is 55.8 cm³/mol. The number of fused-ring (bicyclic) bond motifs is 1. The fraction of sp³-hybridized carbons (Fsp3) is 0.167. The van der Waals surface area contributed by atoms with E-state index in [1.165, 1.54) is 11.3 Å². The quantitative estimate of drug-likeness (QED) is 0.686. The van der Waals surface area contributed by atoms with Gasteiger partial charge in [0, 0.05) is 0 Å². The molecule has 5 nitrogen and oxygen atoms in total. The summed E-state index contributed by atoms with van der Waals surface area (Å²) in [6.07, 6.45) is 1.95. The zero-order valence-corrected chi connectivity index (χ0v) is 8.45. The first-order valence-corrected chi connectivity index (χ1v) is 5.48. The number of hydrogen-bond acceptors (Lipinski definition) is 7. The molecule has 7 heteroatoms. The Morgan fingerprint density at radius 1 is 1.23 bits per heavy atom. The van der Waals surface area contributed by atoms with Gasteiger partial charge >= 0.3 is 0 Å². The van der Waals surface area contributed by atoms with Crippen LogP contribution in [-0.4, -0.2) is 21.2 Å². The lowest BCUT2D eigenvalue weighted by Gasteiger charge is -1.93. The summed E-state index contributed by atoms with van der Waals surface area (Å²) in [7, 11) is 0. The van der Waals surface area contributed by atoms with Gasteiger partial charge in [0.1, 0.15) is 10.5 Å². The zero-order valence-electron chi connectivity index (χ0n) is 6.81. The van der Waals surface area contributed by atoms with E-state index < -0.39 is 0 Å². The second-order valence-electron chi connectivity index (χ2n) is 2.30. The minimum absolute atomic E-state index is 0.169. The smallest absolute Gasteiger partial charge is 0.224 e. The molecule has 0 aromatic carbocycles. The molecule has 2 heterocycles. The van der Waals surface area contributed by atoms with Crippen LogP contribution in [0.1, 0.15) is 0 Å². The minimum atomic E-state index is 0.169. The topological polar surface area (TPSA) is 90.7 Å². The normalized spacial score (nSPS) is 10.8. The molecule has 0 amide bonds.